The van der Waals surface area contributed by atoms with E-state index in [0.29, 0.717) is 40.9 Å². The number of fused-ring (bicyclic) bond motifs is 2. The zero-order valence-corrected chi connectivity index (χ0v) is 33.5. The number of aliphatic hydroxyl groups excluding tert-OH is 1. The number of likely N-dealkylation sites (tertiary alicyclic amines) is 1. The van der Waals surface area contributed by atoms with Crippen LogP contribution < -0.4 is 25.4 Å². The normalized spacial score (nSPS) is 24.0. The minimum absolute atomic E-state index is 0.0188. The molecule has 4 amide bonds. The quantitative estimate of drug-likeness (QED) is 0.111. The maximum atomic E-state index is 14.5. The molecule has 304 valence electrons. The molecule has 2 fully saturated rings. The zero-order chi connectivity index (χ0) is 41.4. The van der Waals surface area contributed by atoms with Crippen molar-refractivity contribution in [2.45, 2.75) is 82.8 Å². The number of nitrogens with one attached hydrogen (secondary N) is 3. The highest BCUT2D eigenvalue weighted by molar-refractivity contribution is 5.96. The third kappa shape index (κ3) is 7.95. The lowest BCUT2D eigenvalue weighted by Crippen LogP contribution is -2.60. The second-order valence-electron chi connectivity index (χ2n) is 16.3. The molecule has 0 spiro atoms. The number of esters is 1. The summed E-state index contributed by atoms with van der Waals surface area (Å²) in [4.78, 5) is 62.3. The Morgan fingerprint density at radius 3 is 2.48 bits per heavy atom. The Bertz CT molecular complexity index is 2220. The molecule has 58 heavy (non-hydrogen) atoms. The number of urea groups is 1. The first kappa shape index (κ1) is 40.3. The highest BCUT2D eigenvalue weighted by Gasteiger charge is 2.62. The van der Waals surface area contributed by atoms with Gasteiger partial charge in [-0.2, -0.15) is 0 Å². The van der Waals surface area contributed by atoms with E-state index < -0.39 is 65.1 Å². The number of hydrogen-bond acceptors (Lipinski definition) is 9. The maximum absolute atomic E-state index is 14.5. The third-order valence-electron chi connectivity index (χ3n) is 11.4. The SMILES string of the molecule is C=CC1CC1(NC(=O)[C@@H]1C[C@@H](Oc2cc(-c3ccccc3)nc3cc(OC)ccc23)CN1C(=O)N[C@H](C(=O)N[C@H]1c2ccccc2C[C@H]1O)C(C)(C)C)C(=O)OCC. The maximum Gasteiger partial charge on any atom is 0.332 e. The van der Waals surface area contributed by atoms with Gasteiger partial charge in [0, 0.05) is 41.8 Å². The van der Waals surface area contributed by atoms with Crippen molar-refractivity contribution in [3.05, 3.63) is 103 Å². The van der Waals surface area contributed by atoms with Gasteiger partial charge in [-0.25, -0.2) is 14.6 Å². The number of carbonyl (C=O) groups excluding carboxylic acids is 4. The smallest absolute Gasteiger partial charge is 0.332 e. The fourth-order valence-electron chi connectivity index (χ4n) is 8.12. The van der Waals surface area contributed by atoms with Gasteiger partial charge >= 0.3 is 12.0 Å². The van der Waals surface area contributed by atoms with Crippen molar-refractivity contribution in [3.63, 3.8) is 0 Å². The molecule has 2 aliphatic carbocycles. The van der Waals surface area contributed by atoms with Crippen LogP contribution in [-0.4, -0.2) is 88.9 Å². The molecule has 0 bridgehead atoms. The molecule has 3 aromatic carbocycles. The summed E-state index contributed by atoms with van der Waals surface area (Å²) in [6.45, 7) is 11.1. The Balaban J connectivity index is 1.19. The number of ether oxygens (including phenoxy) is 3. The zero-order valence-electron chi connectivity index (χ0n) is 33.5. The third-order valence-corrected chi connectivity index (χ3v) is 11.4. The molecule has 7 rings (SSSR count). The average molecular weight is 790 g/mol. The fraction of sp³-hybridized carbons (Fsp3) is 0.400. The summed E-state index contributed by atoms with van der Waals surface area (Å²) in [6.07, 6.45) is 0.891. The highest BCUT2D eigenvalue weighted by Crippen LogP contribution is 2.46. The molecule has 2 unspecified atom stereocenters. The molecule has 1 saturated heterocycles. The van der Waals surface area contributed by atoms with Gasteiger partial charge < -0.3 is 40.2 Å². The Labute approximate surface area is 338 Å². The van der Waals surface area contributed by atoms with Crippen LogP contribution >= 0.6 is 0 Å². The number of hydrogen-bond donors (Lipinski definition) is 4. The van der Waals surface area contributed by atoms with Crippen LogP contribution in [-0.2, 0) is 25.5 Å². The lowest BCUT2D eigenvalue weighted by molar-refractivity contribution is -0.149. The summed E-state index contributed by atoms with van der Waals surface area (Å²) in [6, 6.07) is 21.1. The molecule has 13 nitrogen and oxygen atoms in total. The molecule has 1 aliphatic heterocycles. The number of amides is 4. The fourth-order valence-corrected chi connectivity index (χ4v) is 8.12. The Morgan fingerprint density at radius 1 is 1.05 bits per heavy atom. The molecule has 13 heteroatoms. The van der Waals surface area contributed by atoms with Crippen LogP contribution in [0, 0.1) is 11.3 Å². The number of pyridine rings is 1. The van der Waals surface area contributed by atoms with E-state index in [1.165, 1.54) is 4.90 Å². The number of rotatable bonds is 12. The van der Waals surface area contributed by atoms with Gasteiger partial charge in [0.15, 0.2) is 0 Å². The van der Waals surface area contributed by atoms with Crippen LogP contribution in [0.2, 0.25) is 0 Å². The molecule has 7 atom stereocenters. The van der Waals surface area contributed by atoms with Crippen molar-refractivity contribution in [2.24, 2.45) is 11.3 Å². The van der Waals surface area contributed by atoms with Crippen molar-refractivity contribution in [1.82, 2.24) is 25.8 Å². The first-order chi connectivity index (χ1) is 27.8. The standard InChI is InChI=1S/C45H51N5O8/c1-7-28-24-45(28,42(54)57-8-2)49-40(52)35-22-30(58-37-23-33(26-14-10-9-11-15-26)46-34-21-29(56-6)18-19-32(34)37)25-50(35)43(55)48-39(44(3,4)5)41(53)47-38-31-17-13-12-16-27(31)20-36(38)51/h7,9-19,21,23,28,30,35-36,38-39,51H,1,8,20,22,24-25H2,2-6H3,(H,47,53)(H,48,55)(H,49,52)/t28?,30-,35+,36-,38+,39-,45?/m1/s1. The topological polar surface area (TPSA) is 168 Å². The average Bonchev–Trinajstić information content (AvgIpc) is 3.61. The summed E-state index contributed by atoms with van der Waals surface area (Å²) < 4.78 is 17.6. The second-order valence-corrected chi connectivity index (χ2v) is 16.3. The van der Waals surface area contributed by atoms with Crippen LogP contribution in [0.3, 0.4) is 0 Å². The lowest BCUT2D eigenvalue weighted by Gasteiger charge is -2.34. The lowest BCUT2D eigenvalue weighted by atomic mass is 9.86. The Kier molecular flexibility index (Phi) is 11.2. The number of nitrogens with zero attached hydrogens (tertiary/aromatic N) is 2. The molecule has 1 saturated carbocycles. The summed E-state index contributed by atoms with van der Waals surface area (Å²) in [5.41, 5.74) is 1.85. The number of aromatic nitrogens is 1. The predicted octanol–water partition coefficient (Wildman–Crippen LogP) is 5.25. The first-order valence-electron chi connectivity index (χ1n) is 19.7. The number of methoxy groups -OCH3 is 1. The van der Waals surface area contributed by atoms with E-state index in [1.807, 2.05) is 99.6 Å². The largest absolute Gasteiger partial charge is 0.497 e. The Morgan fingerprint density at radius 2 is 1.79 bits per heavy atom. The first-order valence-corrected chi connectivity index (χ1v) is 19.7. The van der Waals surface area contributed by atoms with E-state index in [2.05, 4.69) is 22.5 Å². The number of benzene rings is 3. The van der Waals surface area contributed by atoms with Gasteiger partial charge in [-0.05, 0) is 42.0 Å². The highest BCUT2D eigenvalue weighted by atomic mass is 16.5. The van der Waals surface area contributed by atoms with Crippen LogP contribution in [0.15, 0.2) is 91.5 Å². The van der Waals surface area contributed by atoms with E-state index >= 15 is 0 Å². The van der Waals surface area contributed by atoms with Gasteiger partial charge in [0.05, 0.1) is 43.6 Å². The molecule has 3 aliphatic rings. The molecule has 4 N–H and O–H groups in total. The van der Waals surface area contributed by atoms with E-state index in [-0.39, 0.29) is 25.5 Å². The van der Waals surface area contributed by atoms with Crippen molar-refractivity contribution in [1.29, 1.82) is 0 Å². The molecule has 0 radical (unpaired) electrons. The van der Waals surface area contributed by atoms with E-state index in [1.54, 1.807) is 20.1 Å². The van der Waals surface area contributed by atoms with Crippen LogP contribution in [0.1, 0.15) is 57.7 Å². The minimum Gasteiger partial charge on any atom is -0.497 e. The summed E-state index contributed by atoms with van der Waals surface area (Å²) in [5, 5.41) is 20.4. The molecule has 1 aromatic heterocycles. The monoisotopic (exact) mass is 789 g/mol. The summed E-state index contributed by atoms with van der Waals surface area (Å²) in [5.74, 6) is -0.827. The van der Waals surface area contributed by atoms with E-state index in [0.717, 1.165) is 16.7 Å². The Hall–Kier alpha value is -5.95. The summed E-state index contributed by atoms with van der Waals surface area (Å²) >= 11 is 0. The van der Waals surface area contributed by atoms with Gasteiger partial charge in [0.25, 0.3) is 0 Å². The second kappa shape index (κ2) is 16.1. The molecule has 4 aromatic rings. The molecule has 2 heterocycles. The van der Waals surface area contributed by atoms with Gasteiger partial charge in [0.1, 0.15) is 35.2 Å². The summed E-state index contributed by atoms with van der Waals surface area (Å²) in [7, 11) is 1.58. The van der Waals surface area contributed by atoms with E-state index in [4.69, 9.17) is 19.2 Å². The van der Waals surface area contributed by atoms with Crippen LogP contribution in [0.4, 0.5) is 4.79 Å². The van der Waals surface area contributed by atoms with Gasteiger partial charge in [-0.15, -0.1) is 6.58 Å². The van der Waals surface area contributed by atoms with Crippen molar-refractivity contribution in [3.8, 4) is 22.8 Å². The van der Waals surface area contributed by atoms with Crippen molar-refractivity contribution in [2.75, 3.05) is 20.3 Å². The van der Waals surface area contributed by atoms with Crippen LogP contribution in [0.25, 0.3) is 22.2 Å². The van der Waals surface area contributed by atoms with Gasteiger partial charge in [0.2, 0.25) is 11.8 Å². The van der Waals surface area contributed by atoms with Gasteiger partial charge in [-0.1, -0.05) is 81.4 Å². The van der Waals surface area contributed by atoms with E-state index in [9.17, 15) is 24.3 Å². The van der Waals surface area contributed by atoms with Crippen molar-refractivity contribution < 1.29 is 38.5 Å². The number of aliphatic hydroxyl groups is 1. The van der Waals surface area contributed by atoms with Crippen molar-refractivity contribution >= 4 is 34.7 Å². The molecular formula is C45H51N5O8. The number of carbonyl (C=O) groups is 4. The molecular weight excluding hydrogens is 739 g/mol. The predicted molar refractivity (Wildman–Crippen MR) is 218 cm³/mol. The minimum atomic E-state index is -1.30. The van der Waals surface area contributed by atoms with Gasteiger partial charge in [-0.3, -0.25) is 9.59 Å². The van der Waals surface area contributed by atoms with Crippen LogP contribution in [0.5, 0.6) is 11.5 Å².